The van der Waals surface area contributed by atoms with Gasteiger partial charge in [0.25, 0.3) is 0 Å². The molecule has 8 heteroatoms. The van der Waals surface area contributed by atoms with Crippen LogP contribution in [0, 0.1) is 12.8 Å². The highest BCUT2D eigenvalue weighted by molar-refractivity contribution is 7.89. The van der Waals surface area contributed by atoms with Crippen LogP contribution in [-0.2, 0) is 14.8 Å². The lowest BCUT2D eigenvalue weighted by molar-refractivity contribution is -0.120. The van der Waals surface area contributed by atoms with Gasteiger partial charge in [-0.05, 0) is 50.1 Å². The molecule has 0 aromatic heterocycles. The molecule has 27 heavy (non-hydrogen) atoms. The third kappa shape index (κ3) is 4.63. The first-order valence-electron chi connectivity index (χ1n) is 8.60. The summed E-state index contributed by atoms with van der Waals surface area (Å²) in [4.78, 5) is 12.9. The number of nitrogens with zero attached hydrogens (tertiary/aromatic N) is 1. The van der Waals surface area contributed by atoms with E-state index in [9.17, 15) is 13.2 Å². The molecule has 0 radical (unpaired) electrons. The van der Waals surface area contributed by atoms with Crippen molar-refractivity contribution in [3.05, 3.63) is 58.1 Å². The van der Waals surface area contributed by atoms with Crippen LogP contribution in [0.1, 0.15) is 18.4 Å². The van der Waals surface area contributed by atoms with Gasteiger partial charge in [0.15, 0.2) is 0 Å². The number of aryl methyl sites for hydroxylation is 1. The van der Waals surface area contributed by atoms with Gasteiger partial charge in [0.1, 0.15) is 0 Å². The molecule has 1 amide bonds. The van der Waals surface area contributed by atoms with Crippen LogP contribution >= 0.6 is 23.2 Å². The first-order chi connectivity index (χ1) is 12.8. The second-order valence-electron chi connectivity index (χ2n) is 6.63. The molecule has 0 aliphatic carbocycles. The zero-order chi connectivity index (χ0) is 19.6. The molecule has 0 spiro atoms. The van der Waals surface area contributed by atoms with Gasteiger partial charge in [0, 0.05) is 18.1 Å². The number of carbonyl (C=O) groups excluding carboxylic acids is 1. The van der Waals surface area contributed by atoms with E-state index in [4.69, 9.17) is 23.2 Å². The van der Waals surface area contributed by atoms with Crippen molar-refractivity contribution in [3.8, 4) is 0 Å². The fourth-order valence-electron chi connectivity index (χ4n) is 3.06. The van der Waals surface area contributed by atoms with Gasteiger partial charge in [-0.1, -0.05) is 40.9 Å². The van der Waals surface area contributed by atoms with Crippen molar-refractivity contribution < 1.29 is 13.2 Å². The normalized spacial score (nSPS) is 18.3. The summed E-state index contributed by atoms with van der Waals surface area (Å²) < 4.78 is 27.1. The summed E-state index contributed by atoms with van der Waals surface area (Å²) >= 11 is 12.0. The van der Waals surface area contributed by atoms with Crippen molar-refractivity contribution in [2.45, 2.75) is 24.7 Å². The van der Waals surface area contributed by atoms with Gasteiger partial charge in [-0.15, -0.1) is 0 Å². The average molecular weight is 427 g/mol. The molecule has 1 aliphatic rings. The maximum atomic E-state index is 12.9. The van der Waals surface area contributed by atoms with Gasteiger partial charge < -0.3 is 5.32 Å². The molecular weight excluding hydrogens is 407 g/mol. The number of piperidine rings is 1. The van der Waals surface area contributed by atoms with Crippen molar-refractivity contribution in [1.29, 1.82) is 0 Å². The Morgan fingerprint density at radius 3 is 2.56 bits per heavy atom. The summed E-state index contributed by atoms with van der Waals surface area (Å²) in [7, 11) is -3.63. The molecule has 3 rings (SSSR count). The number of hydrogen-bond acceptors (Lipinski definition) is 3. The van der Waals surface area contributed by atoms with Gasteiger partial charge >= 0.3 is 0 Å². The third-order valence-corrected chi connectivity index (χ3v) is 7.04. The smallest absolute Gasteiger partial charge is 0.243 e. The Morgan fingerprint density at radius 2 is 1.85 bits per heavy atom. The number of halogens is 2. The van der Waals surface area contributed by atoms with Crippen molar-refractivity contribution >= 4 is 44.8 Å². The second-order valence-corrected chi connectivity index (χ2v) is 9.41. The predicted octanol–water partition coefficient (Wildman–Crippen LogP) is 4.34. The molecular formula is C19H20Cl2N2O3S. The summed E-state index contributed by atoms with van der Waals surface area (Å²) in [5, 5.41) is 3.61. The molecule has 1 fully saturated rings. The van der Waals surface area contributed by atoms with Gasteiger partial charge in [-0.2, -0.15) is 4.31 Å². The quantitative estimate of drug-likeness (QED) is 0.790. The fraction of sp³-hybridized carbons (Fsp3) is 0.316. The Labute approximate surface area is 169 Å². The minimum atomic E-state index is -3.63. The van der Waals surface area contributed by atoms with Crippen LogP contribution in [-0.4, -0.2) is 31.7 Å². The lowest BCUT2D eigenvalue weighted by Crippen LogP contribution is -2.43. The average Bonchev–Trinajstić information content (AvgIpc) is 2.65. The zero-order valence-electron chi connectivity index (χ0n) is 14.8. The van der Waals surface area contributed by atoms with Gasteiger partial charge in [-0.3, -0.25) is 4.79 Å². The number of sulfonamides is 1. The van der Waals surface area contributed by atoms with E-state index in [-0.39, 0.29) is 17.3 Å². The number of nitrogens with one attached hydrogen (secondary N) is 1. The molecule has 144 valence electrons. The Hall–Kier alpha value is -1.60. The Balaban J connectivity index is 1.74. The summed E-state index contributed by atoms with van der Waals surface area (Å²) in [5.74, 6) is -0.711. The summed E-state index contributed by atoms with van der Waals surface area (Å²) in [6, 6.07) is 11.5. The number of amides is 1. The highest BCUT2D eigenvalue weighted by Crippen LogP contribution is 2.28. The molecule has 0 bridgehead atoms. The van der Waals surface area contributed by atoms with E-state index < -0.39 is 15.9 Å². The number of hydrogen-bond donors (Lipinski definition) is 1. The zero-order valence-corrected chi connectivity index (χ0v) is 17.1. The van der Waals surface area contributed by atoms with Crippen molar-refractivity contribution in [1.82, 2.24) is 4.31 Å². The highest BCUT2D eigenvalue weighted by Gasteiger charge is 2.33. The topological polar surface area (TPSA) is 66.5 Å². The van der Waals surface area contributed by atoms with E-state index in [1.54, 1.807) is 42.5 Å². The summed E-state index contributed by atoms with van der Waals surface area (Å²) in [6.45, 7) is 2.44. The lowest BCUT2D eigenvalue weighted by atomic mass is 9.99. The van der Waals surface area contributed by atoms with Crippen LogP contribution in [0.5, 0.6) is 0 Å². The van der Waals surface area contributed by atoms with Crippen LogP contribution in [0.4, 0.5) is 5.69 Å². The maximum absolute atomic E-state index is 12.9. The largest absolute Gasteiger partial charge is 0.324 e. The molecule has 1 aliphatic heterocycles. The van der Waals surface area contributed by atoms with Crippen molar-refractivity contribution in [2.24, 2.45) is 5.92 Å². The van der Waals surface area contributed by atoms with Gasteiger partial charge in [-0.25, -0.2) is 8.42 Å². The summed E-state index contributed by atoms with van der Waals surface area (Å²) in [5.41, 5.74) is 1.41. The Morgan fingerprint density at radius 1 is 1.15 bits per heavy atom. The van der Waals surface area contributed by atoms with Crippen LogP contribution in [0.3, 0.4) is 0 Å². The standard InChI is InChI=1S/C19H20Cl2N2O3S/c1-13-4-7-16(8-5-13)27(25,26)23-10-2-3-14(12-23)19(24)22-18-11-15(20)6-9-17(18)21/h4-9,11,14H,2-3,10,12H2,1H3,(H,22,24). The van der Waals surface area contributed by atoms with Crippen molar-refractivity contribution in [2.75, 3.05) is 18.4 Å². The first-order valence-corrected chi connectivity index (χ1v) is 10.8. The summed E-state index contributed by atoms with van der Waals surface area (Å²) in [6.07, 6.45) is 1.23. The van der Waals surface area contributed by atoms with Gasteiger partial charge in [0.2, 0.25) is 15.9 Å². The number of benzene rings is 2. The molecule has 1 unspecified atom stereocenters. The predicted molar refractivity (Wildman–Crippen MR) is 108 cm³/mol. The molecule has 0 saturated carbocycles. The first kappa shape index (κ1) is 20.1. The Kier molecular flexibility index (Phi) is 6.11. The van der Waals surface area contributed by atoms with Crippen LogP contribution < -0.4 is 5.32 Å². The molecule has 2 aromatic rings. The van der Waals surface area contributed by atoms with Crippen molar-refractivity contribution in [3.63, 3.8) is 0 Å². The van der Waals surface area contributed by atoms with E-state index >= 15 is 0 Å². The fourth-order valence-corrected chi connectivity index (χ4v) is 4.92. The molecule has 5 nitrogen and oxygen atoms in total. The van der Waals surface area contributed by atoms with E-state index in [2.05, 4.69) is 5.32 Å². The minimum Gasteiger partial charge on any atom is -0.324 e. The minimum absolute atomic E-state index is 0.139. The van der Waals surface area contributed by atoms with Crippen LogP contribution in [0.25, 0.3) is 0 Å². The number of carbonyl (C=O) groups is 1. The third-order valence-electron chi connectivity index (χ3n) is 4.60. The molecule has 2 aromatic carbocycles. The van der Waals surface area contributed by atoms with E-state index in [0.29, 0.717) is 35.1 Å². The van der Waals surface area contributed by atoms with Crippen LogP contribution in [0.15, 0.2) is 47.4 Å². The molecule has 1 atom stereocenters. The van der Waals surface area contributed by atoms with Gasteiger partial charge in [0.05, 0.1) is 21.5 Å². The number of rotatable bonds is 4. The highest BCUT2D eigenvalue weighted by atomic mass is 35.5. The monoisotopic (exact) mass is 426 g/mol. The van der Waals surface area contributed by atoms with E-state index in [1.807, 2.05) is 6.92 Å². The Bertz CT molecular complexity index is 946. The molecule has 1 heterocycles. The van der Waals surface area contributed by atoms with E-state index in [1.165, 1.54) is 4.31 Å². The SMILES string of the molecule is Cc1ccc(S(=O)(=O)N2CCCC(C(=O)Nc3cc(Cl)ccc3Cl)C2)cc1. The van der Waals surface area contributed by atoms with Crippen LogP contribution in [0.2, 0.25) is 10.0 Å². The molecule has 1 N–H and O–H groups in total. The molecule has 1 saturated heterocycles. The van der Waals surface area contributed by atoms with E-state index in [0.717, 1.165) is 5.56 Å². The lowest BCUT2D eigenvalue weighted by Gasteiger charge is -2.31. The second kappa shape index (κ2) is 8.19. The maximum Gasteiger partial charge on any atom is 0.243 e. The number of anilines is 1.